The summed E-state index contributed by atoms with van der Waals surface area (Å²) in [6.07, 6.45) is 1.51. The largest absolute Gasteiger partial charge is 0.299 e. The van der Waals surface area contributed by atoms with Gasteiger partial charge < -0.3 is 0 Å². The molecule has 2 heteroatoms. The minimum atomic E-state index is 0.270. The Morgan fingerprint density at radius 2 is 1.45 bits per heavy atom. The molecule has 0 fully saturated rings. The summed E-state index contributed by atoms with van der Waals surface area (Å²) in [7, 11) is 2.01. The Bertz CT molecular complexity index is 522. The first-order chi connectivity index (χ1) is 9.74. The zero-order valence-electron chi connectivity index (χ0n) is 12.0. The van der Waals surface area contributed by atoms with E-state index in [9.17, 15) is 4.79 Å². The summed E-state index contributed by atoms with van der Waals surface area (Å²) in [6.45, 7) is 1.42. The van der Waals surface area contributed by atoms with Crippen LogP contribution in [0.5, 0.6) is 0 Å². The van der Waals surface area contributed by atoms with Crippen LogP contribution >= 0.6 is 0 Å². The molecule has 0 radical (unpaired) electrons. The van der Waals surface area contributed by atoms with Gasteiger partial charge in [-0.2, -0.15) is 0 Å². The van der Waals surface area contributed by atoms with Crippen molar-refractivity contribution in [2.45, 2.75) is 12.8 Å². The molecule has 0 amide bonds. The van der Waals surface area contributed by atoms with Crippen molar-refractivity contribution in [3.63, 3.8) is 0 Å². The van der Waals surface area contributed by atoms with Gasteiger partial charge in [0.25, 0.3) is 0 Å². The van der Waals surface area contributed by atoms with Crippen molar-refractivity contribution in [2.24, 2.45) is 0 Å². The van der Waals surface area contributed by atoms with Gasteiger partial charge in [-0.1, -0.05) is 60.7 Å². The van der Waals surface area contributed by atoms with Crippen LogP contribution in [0.25, 0.3) is 0 Å². The average Bonchev–Trinajstić information content (AvgIpc) is 2.47. The molecule has 0 saturated heterocycles. The minimum absolute atomic E-state index is 0.270. The maximum atomic E-state index is 12.0. The van der Waals surface area contributed by atoms with E-state index in [0.29, 0.717) is 13.0 Å². The Labute approximate surface area is 121 Å². The maximum absolute atomic E-state index is 12.0. The van der Waals surface area contributed by atoms with Crippen LogP contribution in [0.3, 0.4) is 0 Å². The molecule has 104 valence electrons. The first-order valence-corrected chi connectivity index (χ1v) is 7.02. The quantitative estimate of drug-likeness (QED) is 0.768. The fraction of sp³-hybridized carbons (Fsp3) is 0.278. The second kappa shape index (κ2) is 7.61. The van der Waals surface area contributed by atoms with Gasteiger partial charge in [0, 0.05) is 13.0 Å². The number of benzene rings is 2. The Hall–Kier alpha value is -1.93. The fourth-order valence-corrected chi connectivity index (χ4v) is 2.22. The molecule has 0 N–H and O–H groups in total. The number of rotatable bonds is 7. The van der Waals surface area contributed by atoms with Crippen LogP contribution in [-0.4, -0.2) is 30.8 Å². The predicted octanol–water partition coefficient (Wildman–Crippen LogP) is 2.97. The molecule has 0 saturated carbocycles. The van der Waals surface area contributed by atoms with Crippen LogP contribution in [0.15, 0.2) is 60.7 Å². The third-order valence-corrected chi connectivity index (χ3v) is 3.32. The fourth-order valence-electron chi connectivity index (χ4n) is 2.22. The van der Waals surface area contributed by atoms with E-state index in [1.165, 1.54) is 5.56 Å². The Morgan fingerprint density at radius 1 is 0.900 bits per heavy atom. The van der Waals surface area contributed by atoms with E-state index in [-0.39, 0.29) is 5.78 Å². The van der Waals surface area contributed by atoms with E-state index in [1.807, 2.05) is 43.4 Å². The third-order valence-electron chi connectivity index (χ3n) is 3.32. The van der Waals surface area contributed by atoms with Gasteiger partial charge in [0.1, 0.15) is 0 Å². The summed E-state index contributed by atoms with van der Waals surface area (Å²) in [4.78, 5) is 14.1. The van der Waals surface area contributed by atoms with Gasteiger partial charge in [-0.25, -0.2) is 0 Å². The van der Waals surface area contributed by atoms with Gasteiger partial charge in [0.05, 0.1) is 6.54 Å². The highest BCUT2D eigenvalue weighted by Crippen LogP contribution is 2.03. The highest BCUT2D eigenvalue weighted by molar-refractivity contribution is 5.82. The van der Waals surface area contributed by atoms with Crippen molar-refractivity contribution in [3.05, 3.63) is 71.8 Å². The molecule has 0 aliphatic rings. The Balaban J connectivity index is 1.74. The van der Waals surface area contributed by atoms with E-state index < -0.39 is 0 Å². The summed E-state index contributed by atoms with van der Waals surface area (Å²) < 4.78 is 0. The van der Waals surface area contributed by atoms with Gasteiger partial charge in [0.2, 0.25) is 0 Å². The zero-order valence-corrected chi connectivity index (χ0v) is 12.0. The van der Waals surface area contributed by atoms with E-state index in [1.54, 1.807) is 0 Å². The van der Waals surface area contributed by atoms with Gasteiger partial charge in [0.15, 0.2) is 5.78 Å². The summed E-state index contributed by atoms with van der Waals surface area (Å²) >= 11 is 0. The molecular weight excluding hydrogens is 246 g/mol. The van der Waals surface area contributed by atoms with Gasteiger partial charge >= 0.3 is 0 Å². The minimum Gasteiger partial charge on any atom is -0.299 e. The van der Waals surface area contributed by atoms with Gasteiger partial charge in [-0.15, -0.1) is 0 Å². The molecule has 2 rings (SSSR count). The monoisotopic (exact) mass is 267 g/mol. The molecule has 2 nitrogen and oxygen atoms in total. The number of carbonyl (C=O) groups is 1. The number of Topliss-reactive ketones (excluding diaryl/α,β-unsaturated/α-hetero) is 1. The molecular formula is C18H21NO. The lowest BCUT2D eigenvalue weighted by molar-refractivity contribution is -0.119. The van der Waals surface area contributed by atoms with Crippen molar-refractivity contribution in [3.8, 4) is 0 Å². The molecule has 0 bridgehead atoms. The molecule has 0 spiro atoms. The van der Waals surface area contributed by atoms with Crippen molar-refractivity contribution in [1.82, 2.24) is 4.90 Å². The highest BCUT2D eigenvalue weighted by Gasteiger charge is 2.07. The van der Waals surface area contributed by atoms with Crippen molar-refractivity contribution in [2.75, 3.05) is 20.1 Å². The van der Waals surface area contributed by atoms with Crippen LogP contribution in [0.4, 0.5) is 0 Å². The maximum Gasteiger partial charge on any atom is 0.151 e. The highest BCUT2D eigenvalue weighted by atomic mass is 16.1. The Morgan fingerprint density at radius 3 is 2.05 bits per heavy atom. The lowest BCUT2D eigenvalue weighted by atomic mass is 10.1. The molecule has 2 aromatic rings. The second-order valence-electron chi connectivity index (χ2n) is 5.17. The number of ketones is 1. The number of hydrogen-bond acceptors (Lipinski definition) is 2. The summed E-state index contributed by atoms with van der Waals surface area (Å²) in [5.41, 5.74) is 2.41. The topological polar surface area (TPSA) is 20.3 Å². The van der Waals surface area contributed by atoms with Crippen LogP contribution in [0.1, 0.15) is 11.1 Å². The smallest absolute Gasteiger partial charge is 0.151 e. The van der Waals surface area contributed by atoms with Crippen LogP contribution in [0, 0.1) is 0 Å². The lowest BCUT2D eigenvalue weighted by Gasteiger charge is -2.15. The van der Waals surface area contributed by atoms with E-state index in [2.05, 4.69) is 29.2 Å². The predicted molar refractivity (Wildman–Crippen MR) is 82.8 cm³/mol. The van der Waals surface area contributed by atoms with Crippen molar-refractivity contribution >= 4 is 5.78 Å². The zero-order chi connectivity index (χ0) is 14.2. The lowest BCUT2D eigenvalue weighted by Crippen LogP contribution is -2.28. The molecule has 0 aliphatic heterocycles. The number of likely N-dealkylation sites (N-methyl/N-ethyl adjacent to an activating group) is 1. The number of carbonyl (C=O) groups excluding carboxylic acids is 1. The van der Waals surface area contributed by atoms with Gasteiger partial charge in [-0.05, 0) is 24.6 Å². The number of nitrogens with zero attached hydrogens (tertiary/aromatic N) is 1. The first-order valence-electron chi connectivity index (χ1n) is 7.02. The molecule has 0 aromatic heterocycles. The van der Waals surface area contributed by atoms with Crippen molar-refractivity contribution in [1.29, 1.82) is 0 Å². The van der Waals surface area contributed by atoms with E-state index >= 15 is 0 Å². The van der Waals surface area contributed by atoms with Crippen LogP contribution < -0.4 is 0 Å². The van der Waals surface area contributed by atoms with Crippen LogP contribution in [0.2, 0.25) is 0 Å². The third kappa shape index (κ3) is 4.98. The van der Waals surface area contributed by atoms with Crippen LogP contribution in [-0.2, 0) is 17.6 Å². The normalized spacial score (nSPS) is 10.7. The summed E-state index contributed by atoms with van der Waals surface area (Å²) in [5, 5.41) is 0. The first kappa shape index (κ1) is 14.5. The molecule has 0 heterocycles. The van der Waals surface area contributed by atoms with Crippen molar-refractivity contribution < 1.29 is 4.79 Å². The standard InChI is InChI=1S/C18H21NO/c1-19(13-12-16-8-4-2-5-9-16)15-18(20)14-17-10-6-3-7-11-17/h2-11H,12-15H2,1H3. The average molecular weight is 267 g/mol. The molecule has 20 heavy (non-hydrogen) atoms. The summed E-state index contributed by atoms with van der Waals surface area (Å²) in [5.74, 6) is 0.270. The SMILES string of the molecule is CN(CCc1ccccc1)CC(=O)Cc1ccccc1. The molecule has 0 unspecified atom stereocenters. The molecule has 2 aromatic carbocycles. The number of hydrogen-bond donors (Lipinski definition) is 0. The Kier molecular flexibility index (Phi) is 5.51. The van der Waals surface area contributed by atoms with E-state index in [4.69, 9.17) is 0 Å². The molecule has 0 aliphatic carbocycles. The molecule has 0 atom stereocenters. The van der Waals surface area contributed by atoms with E-state index in [0.717, 1.165) is 18.5 Å². The van der Waals surface area contributed by atoms with Gasteiger partial charge in [-0.3, -0.25) is 9.69 Å². The summed E-state index contributed by atoms with van der Waals surface area (Å²) in [6, 6.07) is 20.3. The second-order valence-corrected chi connectivity index (χ2v) is 5.17.